The van der Waals surface area contributed by atoms with E-state index >= 15 is 0 Å². The van der Waals surface area contributed by atoms with Crippen LogP contribution < -0.4 is 62.8 Å². The minimum atomic E-state index is -5.07. The first-order valence-corrected chi connectivity index (χ1v) is 47.5. The number of para-hydroxylation sites is 2. The Bertz CT molecular complexity index is 7000. The fraction of sp³-hybridized carbons (Fsp3) is 0.282. The molecule has 40 heteroatoms. The van der Waals surface area contributed by atoms with Crippen molar-refractivity contribution in [3.8, 4) is 118 Å². The molecule has 0 spiro atoms. The van der Waals surface area contributed by atoms with Crippen molar-refractivity contribution in [1.29, 1.82) is 5.26 Å². The highest BCUT2D eigenvalue weighted by molar-refractivity contribution is 6.39. The highest BCUT2D eigenvalue weighted by atomic mass is 35.5. The second-order valence-corrected chi connectivity index (χ2v) is 36.4. The average molecular weight is 2150 g/mol. The number of hydrogen-bond donors (Lipinski definition) is 6. The Morgan fingerprint density at radius 2 is 0.513 bits per heavy atom. The Balaban J connectivity index is 0.000000142. The van der Waals surface area contributed by atoms with Gasteiger partial charge in [-0.25, -0.2) is 17.6 Å². The van der Waals surface area contributed by atoms with Crippen molar-refractivity contribution in [3.63, 3.8) is 0 Å². The van der Waals surface area contributed by atoms with Crippen LogP contribution in [0.15, 0.2) is 231 Å². The number of nitriles is 1. The monoisotopic (exact) mass is 2150 g/mol. The smallest absolute Gasteiger partial charge is 0.417 e. The minimum Gasteiger partial charge on any atom is -0.488 e. The van der Waals surface area contributed by atoms with Crippen LogP contribution in [0, 0.1) is 34.6 Å². The molecule has 12 N–H and O–H groups in total. The molecule has 0 bridgehead atoms. The zero-order valence-corrected chi connectivity index (χ0v) is 80.2. The molecule has 0 aromatic heterocycles. The molecule has 0 radical (unpaired) electrons. The molecule has 0 amide bonds. The third kappa shape index (κ3) is 26.3. The quantitative estimate of drug-likeness (QED) is 0.0590. The van der Waals surface area contributed by atoms with Crippen molar-refractivity contribution in [2.24, 2.45) is 34.4 Å². The van der Waals surface area contributed by atoms with E-state index in [1.54, 1.807) is 12.1 Å². The topological polar surface area (TPSA) is 235 Å². The molecule has 0 aliphatic carbocycles. The molecule has 6 aliphatic heterocycles. The molecule has 0 unspecified atom stereocenters. The fourth-order valence-electron chi connectivity index (χ4n) is 18.3. The van der Waals surface area contributed by atoms with Crippen LogP contribution in [0.2, 0.25) is 10.0 Å². The molecule has 6 atom stereocenters. The van der Waals surface area contributed by atoms with Crippen molar-refractivity contribution < 1.29 is 138 Å². The van der Waals surface area contributed by atoms with Crippen LogP contribution in [0.5, 0.6) is 34.5 Å². The maximum absolute atomic E-state index is 14.0. The molecule has 19 rings (SSSR count). The highest BCUT2D eigenvalue weighted by Gasteiger charge is 2.46. The van der Waals surface area contributed by atoms with Crippen LogP contribution in [-0.2, 0) is 81.8 Å². The van der Waals surface area contributed by atoms with Crippen molar-refractivity contribution in [3.05, 3.63) is 342 Å². The van der Waals surface area contributed by atoms with Gasteiger partial charge in [0.05, 0.1) is 60.6 Å². The van der Waals surface area contributed by atoms with Crippen molar-refractivity contribution >= 4 is 23.2 Å². The summed E-state index contributed by atoms with van der Waals surface area (Å²) < 4.78 is 369. The minimum absolute atomic E-state index is 0.0170. The van der Waals surface area contributed by atoms with E-state index in [2.05, 4.69) is 66.7 Å². The van der Waals surface area contributed by atoms with E-state index in [0.29, 0.717) is 152 Å². The number of nitrogens with two attached hydrogens (primary N) is 6. The second kappa shape index (κ2) is 46.7. The lowest BCUT2D eigenvalue weighted by Gasteiger charge is -2.29. The fourth-order valence-corrected chi connectivity index (χ4v) is 19.0. The zero-order valence-electron chi connectivity index (χ0n) is 78.7. The first-order chi connectivity index (χ1) is 70.9. The van der Waals surface area contributed by atoms with Gasteiger partial charge in [0.2, 0.25) is 0 Å². The van der Waals surface area contributed by atoms with E-state index in [4.69, 9.17) is 91.3 Å². The number of benzene rings is 13. The lowest BCUT2D eigenvalue weighted by Crippen LogP contribution is -2.31. The molecule has 0 saturated heterocycles. The Labute approximate surface area is 853 Å². The van der Waals surface area contributed by atoms with Gasteiger partial charge in [-0.2, -0.15) is 97.5 Å². The largest absolute Gasteiger partial charge is 0.488 e. The number of ether oxygens (including phenoxy) is 6. The molecule has 150 heavy (non-hydrogen) atoms. The zero-order chi connectivity index (χ0) is 109. The van der Waals surface area contributed by atoms with Gasteiger partial charge in [0.15, 0.2) is 0 Å². The van der Waals surface area contributed by atoms with E-state index in [1.807, 2.05) is 12.1 Å². The third-order valence-electron chi connectivity index (χ3n) is 25.5. The van der Waals surface area contributed by atoms with Gasteiger partial charge in [-0.05, 0) is 247 Å². The van der Waals surface area contributed by atoms with Gasteiger partial charge >= 0.3 is 43.2 Å². The average Bonchev–Trinajstić information content (AvgIpc) is 0.734. The van der Waals surface area contributed by atoms with E-state index in [1.165, 1.54) is 76.9 Å². The molecule has 792 valence electrons. The van der Waals surface area contributed by atoms with Crippen molar-refractivity contribution in [1.82, 2.24) is 0 Å². The summed E-state index contributed by atoms with van der Waals surface area (Å²) in [5.74, 6) is -0.775. The molecule has 0 saturated carbocycles. The molecule has 6 aliphatic rings. The van der Waals surface area contributed by atoms with E-state index in [0.717, 1.165) is 72.5 Å². The van der Waals surface area contributed by atoms with Gasteiger partial charge in [0, 0.05) is 83.8 Å². The summed E-state index contributed by atoms with van der Waals surface area (Å²) in [5, 5.41) is 9.54. The van der Waals surface area contributed by atoms with Crippen LogP contribution in [-0.4, -0.2) is 75.9 Å². The van der Waals surface area contributed by atoms with Crippen LogP contribution in [0.4, 0.5) is 110 Å². The normalized spacial score (nSPS) is 17.1. The highest BCUT2D eigenvalue weighted by Crippen LogP contribution is 2.55. The SMILES string of the molecule is N#Cc1cc(Cl)c(-c2cc(F)cc3c2O[C@@H](CN)CC3)c(Cl)c1.NC[C@H]1CCc2cc(F)cc(-c3c(C(F)(F)F)cccc3C(F)(F)F)c2O1.NC[C@H]1CCc2cc(F)cc(-c3ccc(C(F)(F)F)cc3C(F)(F)F)c2O1.NC[C@H]1CCc2cc(F)cc(-c3ccccc3C(F)(F)F)c2O1.NC[C@H]1CCc2cccc(-c3ccc(C(F)(F)F)cc3C(F)(F)F)c2O1.NC[C@H]1CCc2cccc(-c3ccccc3-c3ccccc3)c2O1. The van der Waals surface area contributed by atoms with Gasteiger partial charge in [-0.3, -0.25) is 0 Å². The maximum atomic E-state index is 14.0. The number of aryl methyl sites for hydroxylation is 6. The van der Waals surface area contributed by atoms with E-state index in [-0.39, 0.29) is 136 Å². The molecule has 13 aromatic carbocycles. The first kappa shape index (κ1) is 112. The number of nitrogens with zero attached hydrogens (tertiary/aromatic N) is 1. The number of halogens is 27. The van der Waals surface area contributed by atoms with Crippen LogP contribution >= 0.6 is 23.2 Å². The summed E-state index contributed by atoms with van der Waals surface area (Å²) in [5.41, 5.74) is 31.5. The molecular weight excluding hydrogens is 2060 g/mol. The van der Waals surface area contributed by atoms with E-state index < -0.39 is 129 Å². The van der Waals surface area contributed by atoms with Gasteiger partial charge in [-0.1, -0.05) is 151 Å². The van der Waals surface area contributed by atoms with Gasteiger partial charge in [0.25, 0.3) is 0 Å². The van der Waals surface area contributed by atoms with Crippen LogP contribution in [0.1, 0.15) is 116 Å². The standard InChI is InChI=1S/C22H21NO.2C18H14F7NO.C18H15F6NO.C17H13Cl2FN2O.C17H15F4NO/c23-15-18-14-13-17-9-6-12-21(22(17)24-18)20-11-5-4-10-19(20)16-7-2-1-3-8-16;19-11-5-9-1-3-12(8-26)27-16(9)14(7-11)13-4-2-10(17(20,21)22)6-15(13)18(23,24)25;19-10-6-9-4-5-11(8-26)27-16(9)12(7-10)15-13(17(20,21)22)2-1-3-14(15)18(23,24)25;19-17(20,21)11-5-7-13(15(8-11)18(22,23)24)14-3-1-2-10-4-6-12(9-25)26-16(10)14;18-14-3-9(7-21)4-15(19)16(14)13-6-11(20)5-10-1-2-12(8-22)23-17(10)13;18-11-7-10-5-6-12(9-22)23-16(10)14(8-11)13-3-1-2-4-15(13)17(19,20)21/h1-12,18H,13-15,23H2;2,4-7,12H,1,3,8,26H2;1-3,6-7,11H,4-5,8,26H2;1-3,5,7-8,12H,4,6,9,25H2;3-6,12H,1-2,8,22H2;1-4,7-8,12H,5-6,9,22H2/t18-;12-;11-;3*12-/m111111/s1. The lowest BCUT2D eigenvalue weighted by atomic mass is 9.89. The number of fused-ring (bicyclic) bond motifs is 6. The van der Waals surface area contributed by atoms with Crippen LogP contribution in [0.25, 0.3) is 77.9 Å². The number of alkyl halides is 21. The predicted octanol–water partition coefficient (Wildman–Crippen LogP) is 28.6. The summed E-state index contributed by atoms with van der Waals surface area (Å²) in [4.78, 5) is 0. The maximum Gasteiger partial charge on any atom is 0.417 e. The molecule has 13 aromatic rings. The number of rotatable bonds is 13. The Hall–Kier alpha value is -13.3. The Morgan fingerprint density at radius 1 is 0.247 bits per heavy atom. The van der Waals surface area contributed by atoms with Crippen molar-refractivity contribution in [2.45, 2.75) is 157 Å². The summed E-state index contributed by atoms with van der Waals surface area (Å²) in [7, 11) is 0. The third-order valence-corrected chi connectivity index (χ3v) is 26.1. The molecule has 6 heterocycles. The molecule has 0 fully saturated rings. The summed E-state index contributed by atoms with van der Waals surface area (Å²) in [6, 6.07) is 53.7. The van der Waals surface area contributed by atoms with Gasteiger partial charge in [0.1, 0.15) is 94.4 Å². The second-order valence-electron chi connectivity index (χ2n) is 35.6. The predicted molar refractivity (Wildman–Crippen MR) is 517 cm³/mol. The van der Waals surface area contributed by atoms with Gasteiger partial charge < -0.3 is 62.8 Å². The first-order valence-electron chi connectivity index (χ1n) is 46.7. The van der Waals surface area contributed by atoms with E-state index in [9.17, 15) is 110 Å². The summed E-state index contributed by atoms with van der Waals surface area (Å²) >= 11 is 12.5. The summed E-state index contributed by atoms with van der Waals surface area (Å²) in [6.07, 6.45) is -29.0. The lowest BCUT2D eigenvalue weighted by molar-refractivity contribution is -0.144. The number of hydrogen-bond acceptors (Lipinski definition) is 13. The van der Waals surface area contributed by atoms with Gasteiger partial charge in [-0.15, -0.1) is 0 Å². The molecule has 13 nitrogen and oxygen atoms in total. The summed E-state index contributed by atoms with van der Waals surface area (Å²) in [6.45, 7) is 1.54. The van der Waals surface area contributed by atoms with Crippen LogP contribution in [0.3, 0.4) is 0 Å². The van der Waals surface area contributed by atoms with Crippen molar-refractivity contribution in [2.75, 3.05) is 39.3 Å². The molecular formula is C110H92Cl2F25N7O6. The Kier molecular flexibility index (Phi) is 35.0. The Morgan fingerprint density at radius 3 is 0.853 bits per heavy atom.